The van der Waals surface area contributed by atoms with Crippen molar-refractivity contribution in [1.82, 2.24) is 5.32 Å². The molecule has 0 amide bonds. The average Bonchev–Trinajstić information content (AvgIpc) is 2.52. The van der Waals surface area contributed by atoms with Crippen molar-refractivity contribution in [3.63, 3.8) is 0 Å². The first-order valence-electron chi connectivity index (χ1n) is 7.27. The van der Waals surface area contributed by atoms with Gasteiger partial charge in [0.1, 0.15) is 6.10 Å². The maximum absolute atomic E-state index is 6.26. The molecule has 0 saturated carbocycles. The van der Waals surface area contributed by atoms with Crippen LogP contribution < -0.4 is 5.32 Å². The summed E-state index contributed by atoms with van der Waals surface area (Å²) in [6.07, 6.45) is 0.159. The third-order valence-corrected chi connectivity index (χ3v) is 3.25. The summed E-state index contributed by atoms with van der Waals surface area (Å²) >= 11 is 0. The van der Waals surface area contributed by atoms with Crippen molar-refractivity contribution in [3.05, 3.63) is 71.8 Å². The minimum atomic E-state index is -0.00828. The molecule has 0 aliphatic carbocycles. The second kappa shape index (κ2) is 7.83. The zero-order valence-corrected chi connectivity index (χ0v) is 12.3. The molecule has 0 aliphatic rings. The van der Waals surface area contributed by atoms with Crippen LogP contribution in [0.15, 0.2) is 60.7 Å². The van der Waals surface area contributed by atoms with Crippen LogP contribution >= 0.6 is 0 Å². The minimum Gasteiger partial charge on any atom is -0.365 e. The Morgan fingerprint density at radius 2 is 1.40 bits per heavy atom. The highest BCUT2D eigenvalue weighted by Crippen LogP contribution is 2.26. The lowest BCUT2D eigenvalue weighted by molar-refractivity contribution is 0.0201. The number of hydrogen-bond acceptors (Lipinski definition) is 2. The van der Waals surface area contributed by atoms with Gasteiger partial charge in [0, 0.05) is 6.54 Å². The summed E-state index contributed by atoms with van der Waals surface area (Å²) in [5.74, 6) is 0. The SMILES string of the molecule is CCNCC(C)OC(c1ccccc1)c1ccccc1. The van der Waals surface area contributed by atoms with Crippen molar-refractivity contribution in [2.24, 2.45) is 0 Å². The molecule has 20 heavy (non-hydrogen) atoms. The van der Waals surface area contributed by atoms with Crippen molar-refractivity contribution in [3.8, 4) is 0 Å². The quantitative estimate of drug-likeness (QED) is 0.825. The van der Waals surface area contributed by atoms with Crippen LogP contribution in [0.3, 0.4) is 0 Å². The van der Waals surface area contributed by atoms with Gasteiger partial charge in [-0.2, -0.15) is 0 Å². The normalized spacial score (nSPS) is 12.6. The number of ether oxygens (including phenoxy) is 1. The highest BCUT2D eigenvalue weighted by Gasteiger charge is 2.17. The molecule has 1 N–H and O–H groups in total. The van der Waals surface area contributed by atoms with Gasteiger partial charge in [-0.05, 0) is 24.6 Å². The molecule has 0 spiro atoms. The summed E-state index contributed by atoms with van der Waals surface area (Å²) in [5.41, 5.74) is 2.39. The van der Waals surface area contributed by atoms with E-state index in [0.717, 1.165) is 13.1 Å². The maximum Gasteiger partial charge on any atom is 0.108 e. The molecule has 2 nitrogen and oxygen atoms in total. The second-order valence-electron chi connectivity index (χ2n) is 4.96. The van der Waals surface area contributed by atoms with Crippen LogP contribution in [0, 0.1) is 0 Å². The second-order valence-corrected chi connectivity index (χ2v) is 4.96. The predicted octanol–water partition coefficient (Wildman–Crippen LogP) is 3.79. The molecular weight excluding hydrogens is 246 g/mol. The predicted molar refractivity (Wildman–Crippen MR) is 83.8 cm³/mol. The van der Waals surface area contributed by atoms with Crippen LogP contribution in [0.4, 0.5) is 0 Å². The van der Waals surface area contributed by atoms with E-state index in [9.17, 15) is 0 Å². The third-order valence-electron chi connectivity index (χ3n) is 3.25. The van der Waals surface area contributed by atoms with E-state index >= 15 is 0 Å². The molecule has 0 bridgehead atoms. The molecule has 1 unspecified atom stereocenters. The monoisotopic (exact) mass is 269 g/mol. The van der Waals surface area contributed by atoms with Gasteiger partial charge in [-0.15, -0.1) is 0 Å². The van der Waals surface area contributed by atoms with Crippen molar-refractivity contribution in [2.75, 3.05) is 13.1 Å². The van der Waals surface area contributed by atoms with E-state index in [1.54, 1.807) is 0 Å². The number of nitrogens with one attached hydrogen (secondary N) is 1. The Kier molecular flexibility index (Phi) is 5.78. The van der Waals surface area contributed by atoms with Crippen LogP contribution in [-0.4, -0.2) is 19.2 Å². The lowest BCUT2D eigenvalue weighted by Crippen LogP contribution is -2.28. The molecule has 0 fully saturated rings. The summed E-state index contributed by atoms with van der Waals surface area (Å²) in [5, 5.41) is 3.33. The molecule has 0 saturated heterocycles. The van der Waals surface area contributed by atoms with E-state index < -0.39 is 0 Å². The van der Waals surface area contributed by atoms with Crippen molar-refractivity contribution in [2.45, 2.75) is 26.1 Å². The Labute approximate surface area is 121 Å². The smallest absolute Gasteiger partial charge is 0.108 e. The third kappa shape index (κ3) is 4.19. The van der Waals surface area contributed by atoms with Gasteiger partial charge < -0.3 is 10.1 Å². The van der Waals surface area contributed by atoms with Gasteiger partial charge in [0.15, 0.2) is 0 Å². The first-order valence-corrected chi connectivity index (χ1v) is 7.27. The lowest BCUT2D eigenvalue weighted by Gasteiger charge is -2.23. The Hall–Kier alpha value is -1.64. The molecular formula is C18H23NO. The molecule has 0 aromatic heterocycles. The molecule has 106 valence electrons. The van der Waals surface area contributed by atoms with Gasteiger partial charge in [-0.3, -0.25) is 0 Å². The Balaban J connectivity index is 2.17. The molecule has 2 aromatic carbocycles. The van der Waals surface area contributed by atoms with Gasteiger partial charge in [0.25, 0.3) is 0 Å². The van der Waals surface area contributed by atoms with Gasteiger partial charge in [0.05, 0.1) is 6.10 Å². The Morgan fingerprint density at radius 1 is 0.900 bits per heavy atom. The average molecular weight is 269 g/mol. The van der Waals surface area contributed by atoms with E-state index in [2.05, 4.69) is 67.7 Å². The molecule has 2 aromatic rings. The highest BCUT2D eigenvalue weighted by molar-refractivity contribution is 5.29. The fourth-order valence-electron chi connectivity index (χ4n) is 2.23. The Bertz CT molecular complexity index is 444. The summed E-state index contributed by atoms with van der Waals surface area (Å²) in [6.45, 7) is 6.06. The van der Waals surface area contributed by atoms with E-state index in [1.165, 1.54) is 11.1 Å². The summed E-state index contributed by atoms with van der Waals surface area (Å²) in [6, 6.07) is 20.8. The first kappa shape index (κ1) is 14.8. The van der Waals surface area contributed by atoms with E-state index in [0.29, 0.717) is 0 Å². The number of likely N-dealkylation sites (N-methyl/N-ethyl adjacent to an activating group) is 1. The van der Waals surface area contributed by atoms with E-state index in [-0.39, 0.29) is 12.2 Å². The van der Waals surface area contributed by atoms with Gasteiger partial charge in [-0.25, -0.2) is 0 Å². The molecule has 0 radical (unpaired) electrons. The maximum atomic E-state index is 6.26. The van der Waals surface area contributed by atoms with E-state index in [1.807, 2.05) is 12.1 Å². The Morgan fingerprint density at radius 3 is 1.85 bits per heavy atom. The van der Waals surface area contributed by atoms with Gasteiger partial charge >= 0.3 is 0 Å². The summed E-state index contributed by atoms with van der Waals surface area (Å²) in [4.78, 5) is 0. The summed E-state index contributed by atoms with van der Waals surface area (Å²) < 4.78 is 6.26. The zero-order valence-electron chi connectivity index (χ0n) is 12.3. The lowest BCUT2D eigenvalue weighted by atomic mass is 10.0. The number of rotatable bonds is 7. The van der Waals surface area contributed by atoms with E-state index in [4.69, 9.17) is 4.74 Å². The topological polar surface area (TPSA) is 21.3 Å². The zero-order chi connectivity index (χ0) is 14.2. The van der Waals surface area contributed by atoms with Crippen LogP contribution in [0.5, 0.6) is 0 Å². The fraction of sp³-hybridized carbons (Fsp3) is 0.333. The molecule has 2 heteroatoms. The largest absolute Gasteiger partial charge is 0.365 e. The molecule has 2 rings (SSSR count). The fourth-order valence-corrected chi connectivity index (χ4v) is 2.23. The minimum absolute atomic E-state index is 0.00828. The molecule has 0 heterocycles. The van der Waals surface area contributed by atoms with Crippen molar-refractivity contribution >= 4 is 0 Å². The standard InChI is InChI=1S/C18H23NO/c1-3-19-14-15(2)20-18(16-10-6-4-7-11-16)17-12-8-5-9-13-17/h4-13,15,18-19H,3,14H2,1-2H3. The number of benzene rings is 2. The van der Waals surface area contributed by atoms with Crippen LogP contribution in [-0.2, 0) is 4.74 Å². The molecule has 1 atom stereocenters. The number of hydrogen-bond donors (Lipinski definition) is 1. The van der Waals surface area contributed by atoms with Crippen LogP contribution in [0.2, 0.25) is 0 Å². The molecule has 0 aliphatic heterocycles. The first-order chi connectivity index (χ1) is 9.81. The summed E-state index contributed by atoms with van der Waals surface area (Å²) in [7, 11) is 0. The van der Waals surface area contributed by atoms with Gasteiger partial charge in [-0.1, -0.05) is 67.6 Å². The van der Waals surface area contributed by atoms with Crippen molar-refractivity contribution in [1.29, 1.82) is 0 Å². The van der Waals surface area contributed by atoms with Crippen LogP contribution in [0.25, 0.3) is 0 Å². The van der Waals surface area contributed by atoms with Gasteiger partial charge in [0.2, 0.25) is 0 Å². The van der Waals surface area contributed by atoms with Crippen molar-refractivity contribution < 1.29 is 4.74 Å². The highest BCUT2D eigenvalue weighted by atomic mass is 16.5. The van der Waals surface area contributed by atoms with Crippen LogP contribution in [0.1, 0.15) is 31.1 Å².